The molecule has 2 saturated heterocycles. The number of aromatic nitrogens is 1. The lowest BCUT2D eigenvalue weighted by Gasteiger charge is -2.38. The summed E-state index contributed by atoms with van der Waals surface area (Å²) in [6, 6.07) is 7.92. The molecule has 12 heteroatoms. The molecule has 4 atom stereocenters. The van der Waals surface area contributed by atoms with E-state index in [0.717, 1.165) is 0 Å². The molecular weight excluding hydrogens is 471 g/mol. The highest BCUT2D eigenvalue weighted by Gasteiger charge is 2.38. The van der Waals surface area contributed by atoms with Gasteiger partial charge in [-0.2, -0.15) is 0 Å². The van der Waals surface area contributed by atoms with Gasteiger partial charge in [0.15, 0.2) is 0 Å². The van der Waals surface area contributed by atoms with Gasteiger partial charge in [-0.1, -0.05) is 0 Å². The van der Waals surface area contributed by atoms with Crippen molar-refractivity contribution in [2.45, 2.75) is 32.0 Å². The van der Waals surface area contributed by atoms with Crippen molar-refractivity contribution in [1.82, 2.24) is 10.4 Å². The fourth-order valence-electron chi connectivity index (χ4n) is 4.54. The predicted molar refractivity (Wildman–Crippen MR) is 129 cm³/mol. The van der Waals surface area contributed by atoms with Crippen LogP contribution in [0.5, 0.6) is 0 Å². The number of piperidine rings is 1. The van der Waals surface area contributed by atoms with Crippen LogP contribution in [0.3, 0.4) is 0 Å². The lowest BCUT2D eigenvalue weighted by molar-refractivity contribution is -0.146. The Labute approximate surface area is 207 Å². The standard InChI is InChI=1S/C24H29FN6O5/c1-13(22(26)32)19-12-31(24(34)36-19)16-4-5-17(18(25)10-16)15-3-6-20(28-11-15)30-8-7-14(23(33)35-2)9-21(30)29-27/h3-6,10-11,13-14,19,21,29H,7-9,12,27H2,1-2H3,(H2,26,32). The zero-order chi connectivity index (χ0) is 26.0. The number of halogens is 1. The predicted octanol–water partition coefficient (Wildman–Crippen LogP) is 1.51. The summed E-state index contributed by atoms with van der Waals surface area (Å²) >= 11 is 0. The maximum atomic E-state index is 15.1. The van der Waals surface area contributed by atoms with Crippen LogP contribution in [0.15, 0.2) is 36.5 Å². The Hall–Kier alpha value is -3.77. The van der Waals surface area contributed by atoms with Crippen LogP contribution in [0.2, 0.25) is 0 Å². The van der Waals surface area contributed by atoms with E-state index in [1.165, 1.54) is 18.1 Å². The van der Waals surface area contributed by atoms with Crippen molar-refractivity contribution in [2.75, 3.05) is 30.0 Å². The van der Waals surface area contributed by atoms with Crippen molar-refractivity contribution >= 4 is 29.5 Å². The highest BCUT2D eigenvalue weighted by atomic mass is 19.1. The smallest absolute Gasteiger partial charge is 0.414 e. The van der Waals surface area contributed by atoms with E-state index in [2.05, 4.69) is 10.4 Å². The minimum absolute atomic E-state index is 0.0982. The molecule has 2 aliphatic rings. The highest BCUT2D eigenvalue weighted by Crippen LogP contribution is 2.32. The molecule has 1 aromatic carbocycles. The number of hydrogen-bond donors (Lipinski definition) is 3. The van der Waals surface area contributed by atoms with Crippen molar-refractivity contribution in [3.63, 3.8) is 0 Å². The van der Waals surface area contributed by atoms with Crippen LogP contribution in [0.4, 0.5) is 20.7 Å². The second kappa shape index (κ2) is 10.5. The van der Waals surface area contributed by atoms with Gasteiger partial charge in [0, 0.05) is 23.9 Å². The molecule has 11 nitrogen and oxygen atoms in total. The fourth-order valence-corrected chi connectivity index (χ4v) is 4.54. The summed E-state index contributed by atoms with van der Waals surface area (Å²) in [5.41, 5.74) is 9.20. The topological polar surface area (TPSA) is 153 Å². The van der Waals surface area contributed by atoms with E-state index in [1.807, 2.05) is 4.90 Å². The molecule has 2 fully saturated rings. The Morgan fingerprint density at radius 2 is 2.08 bits per heavy atom. The largest absolute Gasteiger partial charge is 0.469 e. The molecule has 4 unspecified atom stereocenters. The van der Waals surface area contributed by atoms with E-state index in [-0.39, 0.29) is 24.6 Å². The first-order valence-electron chi connectivity index (χ1n) is 11.6. The third-order valence-electron chi connectivity index (χ3n) is 6.79. The molecule has 0 bridgehead atoms. The number of pyridine rings is 1. The molecule has 0 saturated carbocycles. The number of primary amides is 1. The van der Waals surface area contributed by atoms with Crippen LogP contribution in [0.1, 0.15) is 19.8 Å². The van der Waals surface area contributed by atoms with Crippen LogP contribution >= 0.6 is 0 Å². The average molecular weight is 501 g/mol. The maximum Gasteiger partial charge on any atom is 0.414 e. The lowest BCUT2D eigenvalue weighted by atomic mass is 9.94. The van der Waals surface area contributed by atoms with Crippen LogP contribution < -0.4 is 26.8 Å². The molecule has 0 aliphatic carbocycles. The second-order valence-corrected chi connectivity index (χ2v) is 8.91. The highest BCUT2D eigenvalue weighted by molar-refractivity contribution is 5.91. The SMILES string of the molecule is COC(=O)C1CCN(c2ccc(-c3ccc(N4CC(C(C)C(N)=O)OC4=O)cc3F)cn2)C(NN)C1. The van der Waals surface area contributed by atoms with Gasteiger partial charge in [-0.25, -0.2) is 19.6 Å². The van der Waals surface area contributed by atoms with E-state index < -0.39 is 29.8 Å². The van der Waals surface area contributed by atoms with Gasteiger partial charge in [0.25, 0.3) is 0 Å². The van der Waals surface area contributed by atoms with Crippen molar-refractivity contribution < 1.29 is 28.2 Å². The Balaban J connectivity index is 1.48. The number of hydrazine groups is 1. The van der Waals surface area contributed by atoms with E-state index in [0.29, 0.717) is 42.0 Å². The van der Waals surface area contributed by atoms with Crippen molar-refractivity contribution in [3.05, 3.63) is 42.3 Å². The molecule has 2 amide bonds. The summed E-state index contributed by atoms with van der Waals surface area (Å²) in [7, 11) is 1.36. The Kier molecular flexibility index (Phi) is 7.36. The van der Waals surface area contributed by atoms with Crippen LogP contribution in [0, 0.1) is 17.7 Å². The number of methoxy groups -OCH3 is 1. The van der Waals surface area contributed by atoms with E-state index in [9.17, 15) is 14.4 Å². The third kappa shape index (κ3) is 4.95. The lowest BCUT2D eigenvalue weighted by Crippen LogP contribution is -2.54. The Bertz CT molecular complexity index is 1150. The number of cyclic esters (lactones) is 1. The van der Waals surface area contributed by atoms with Gasteiger partial charge in [0.2, 0.25) is 5.91 Å². The van der Waals surface area contributed by atoms with Gasteiger partial charge >= 0.3 is 12.1 Å². The number of anilines is 2. The summed E-state index contributed by atoms with van der Waals surface area (Å²) < 4.78 is 25.1. The summed E-state index contributed by atoms with van der Waals surface area (Å²) in [6.07, 6.45) is 0.966. The number of amides is 2. The van der Waals surface area contributed by atoms with Crippen molar-refractivity contribution in [1.29, 1.82) is 0 Å². The average Bonchev–Trinajstić information content (AvgIpc) is 3.28. The minimum atomic E-state index is -0.695. The number of carbonyl (C=O) groups excluding carboxylic acids is 3. The molecule has 192 valence electrons. The van der Waals surface area contributed by atoms with Gasteiger partial charge in [-0.3, -0.25) is 20.3 Å². The molecule has 0 spiro atoms. The fraction of sp³-hybridized carbons (Fsp3) is 0.417. The van der Waals surface area contributed by atoms with Crippen molar-refractivity contribution in [2.24, 2.45) is 23.4 Å². The molecular formula is C24H29FN6O5. The zero-order valence-corrected chi connectivity index (χ0v) is 20.0. The van der Waals surface area contributed by atoms with Crippen LogP contribution in [0.25, 0.3) is 11.1 Å². The number of benzene rings is 1. The van der Waals surface area contributed by atoms with Gasteiger partial charge in [-0.15, -0.1) is 0 Å². The molecule has 2 aromatic rings. The molecule has 5 N–H and O–H groups in total. The number of nitrogens with zero attached hydrogens (tertiary/aromatic N) is 3. The quantitative estimate of drug-likeness (QED) is 0.292. The van der Waals surface area contributed by atoms with Gasteiger partial charge < -0.3 is 20.1 Å². The summed E-state index contributed by atoms with van der Waals surface area (Å²) in [6.45, 7) is 2.23. The third-order valence-corrected chi connectivity index (χ3v) is 6.79. The van der Waals surface area contributed by atoms with Crippen LogP contribution in [-0.4, -0.2) is 55.4 Å². The molecule has 36 heavy (non-hydrogen) atoms. The number of hydrogen-bond acceptors (Lipinski definition) is 9. The number of nitrogens with one attached hydrogen (secondary N) is 1. The number of rotatable bonds is 7. The van der Waals surface area contributed by atoms with Gasteiger partial charge in [0.1, 0.15) is 17.7 Å². The Morgan fingerprint density at radius 1 is 1.31 bits per heavy atom. The first-order valence-corrected chi connectivity index (χ1v) is 11.6. The number of carbonyl (C=O) groups is 3. The number of nitrogens with two attached hydrogens (primary N) is 2. The minimum Gasteiger partial charge on any atom is -0.469 e. The van der Waals surface area contributed by atoms with E-state index >= 15 is 4.39 Å². The van der Waals surface area contributed by atoms with E-state index in [4.69, 9.17) is 21.1 Å². The summed E-state index contributed by atoms with van der Waals surface area (Å²) in [4.78, 5) is 43.3. The molecule has 4 rings (SSSR count). The summed E-state index contributed by atoms with van der Waals surface area (Å²) in [5, 5.41) is 0. The Morgan fingerprint density at radius 3 is 2.69 bits per heavy atom. The monoisotopic (exact) mass is 500 g/mol. The maximum absolute atomic E-state index is 15.1. The second-order valence-electron chi connectivity index (χ2n) is 8.91. The first-order chi connectivity index (χ1) is 17.2. The molecule has 0 radical (unpaired) electrons. The van der Waals surface area contributed by atoms with Gasteiger partial charge in [0.05, 0.1) is 37.3 Å². The summed E-state index contributed by atoms with van der Waals surface area (Å²) in [5.74, 6) is 4.06. The molecule has 1 aromatic heterocycles. The van der Waals surface area contributed by atoms with Gasteiger partial charge in [-0.05, 0) is 50.1 Å². The first kappa shape index (κ1) is 25.3. The zero-order valence-electron chi connectivity index (χ0n) is 20.0. The number of ether oxygens (including phenoxy) is 2. The molecule has 3 heterocycles. The normalized spacial score (nSPS) is 22.8. The van der Waals surface area contributed by atoms with Crippen molar-refractivity contribution in [3.8, 4) is 11.1 Å². The van der Waals surface area contributed by atoms with Crippen LogP contribution in [-0.2, 0) is 19.1 Å². The van der Waals surface area contributed by atoms with E-state index in [1.54, 1.807) is 37.4 Å². The number of esters is 1. The molecule has 2 aliphatic heterocycles.